The van der Waals surface area contributed by atoms with Crippen LogP contribution in [0.3, 0.4) is 0 Å². The number of aliphatic hydroxyl groups excluding tert-OH is 1. The largest absolute Gasteiger partial charge is 0.477 e. The Hall–Kier alpha value is -1.38. The SMILES string of the molecule is O=C(O)c1cc(S(=O)(=O)N2CCCC(CO)C2)c[nH]1. The fourth-order valence-electron chi connectivity index (χ4n) is 2.19. The van der Waals surface area contributed by atoms with Crippen LogP contribution in [0.2, 0.25) is 0 Å². The number of aromatic amines is 1. The highest BCUT2D eigenvalue weighted by molar-refractivity contribution is 7.89. The average molecular weight is 288 g/mol. The third-order valence-corrected chi connectivity index (χ3v) is 5.11. The van der Waals surface area contributed by atoms with Gasteiger partial charge in [0.1, 0.15) is 10.6 Å². The normalized spacial score (nSPS) is 21.4. The number of sulfonamides is 1. The van der Waals surface area contributed by atoms with Crippen molar-refractivity contribution in [2.45, 2.75) is 17.7 Å². The van der Waals surface area contributed by atoms with Crippen LogP contribution in [0.4, 0.5) is 0 Å². The van der Waals surface area contributed by atoms with Crippen molar-refractivity contribution in [1.82, 2.24) is 9.29 Å². The van der Waals surface area contributed by atoms with E-state index < -0.39 is 16.0 Å². The summed E-state index contributed by atoms with van der Waals surface area (Å²) in [6, 6.07) is 1.11. The number of carboxylic acids is 1. The lowest BCUT2D eigenvalue weighted by Gasteiger charge is -2.30. The summed E-state index contributed by atoms with van der Waals surface area (Å²) in [5.74, 6) is -1.25. The number of rotatable bonds is 4. The second-order valence-corrected chi connectivity index (χ2v) is 6.55. The van der Waals surface area contributed by atoms with E-state index in [0.29, 0.717) is 13.0 Å². The van der Waals surface area contributed by atoms with Crippen LogP contribution in [0.15, 0.2) is 17.2 Å². The number of aromatic nitrogens is 1. The summed E-state index contributed by atoms with van der Waals surface area (Å²) in [6.45, 7) is 0.623. The van der Waals surface area contributed by atoms with Crippen LogP contribution in [0.25, 0.3) is 0 Å². The number of aromatic carboxylic acids is 1. The highest BCUT2D eigenvalue weighted by atomic mass is 32.2. The Morgan fingerprint density at radius 2 is 2.26 bits per heavy atom. The molecule has 1 aromatic rings. The van der Waals surface area contributed by atoms with Gasteiger partial charge in [-0.15, -0.1) is 0 Å². The number of nitrogens with zero attached hydrogens (tertiary/aromatic N) is 1. The first-order valence-electron chi connectivity index (χ1n) is 5.98. The molecule has 0 spiro atoms. The molecule has 3 N–H and O–H groups in total. The molecule has 0 aliphatic carbocycles. The lowest BCUT2D eigenvalue weighted by atomic mass is 10.0. The quantitative estimate of drug-likeness (QED) is 0.728. The van der Waals surface area contributed by atoms with Gasteiger partial charge in [-0.1, -0.05) is 0 Å². The molecule has 7 nitrogen and oxygen atoms in total. The van der Waals surface area contributed by atoms with Crippen molar-refractivity contribution in [1.29, 1.82) is 0 Å². The summed E-state index contributed by atoms with van der Waals surface area (Å²) in [6.07, 6.45) is 2.68. The number of nitrogens with one attached hydrogen (secondary N) is 1. The summed E-state index contributed by atoms with van der Waals surface area (Å²) in [4.78, 5) is 13.1. The van der Waals surface area contributed by atoms with Gasteiger partial charge in [0.25, 0.3) is 0 Å². The summed E-state index contributed by atoms with van der Waals surface area (Å²) in [5.41, 5.74) is -0.158. The lowest BCUT2D eigenvalue weighted by molar-refractivity contribution is 0.0691. The van der Waals surface area contributed by atoms with Crippen LogP contribution in [-0.4, -0.2) is 53.6 Å². The summed E-state index contributed by atoms with van der Waals surface area (Å²) in [5, 5.41) is 17.9. The minimum absolute atomic E-state index is 0.0421. The fourth-order valence-corrected chi connectivity index (χ4v) is 3.74. The summed E-state index contributed by atoms with van der Waals surface area (Å²) < 4.78 is 25.9. The predicted octanol–water partition coefficient (Wildman–Crippen LogP) is 0.106. The maximum absolute atomic E-state index is 12.3. The molecular weight excluding hydrogens is 272 g/mol. The average Bonchev–Trinajstić information content (AvgIpc) is 2.89. The predicted molar refractivity (Wildman–Crippen MR) is 66.3 cm³/mol. The van der Waals surface area contributed by atoms with Crippen LogP contribution >= 0.6 is 0 Å². The molecule has 106 valence electrons. The van der Waals surface area contributed by atoms with Crippen LogP contribution in [-0.2, 0) is 10.0 Å². The highest BCUT2D eigenvalue weighted by Crippen LogP contribution is 2.23. The number of carboxylic acid groups (broad SMARTS) is 1. The molecule has 2 rings (SSSR count). The minimum atomic E-state index is -3.69. The van der Waals surface area contributed by atoms with Gasteiger partial charge in [0.15, 0.2) is 0 Å². The molecule has 1 unspecified atom stereocenters. The first-order chi connectivity index (χ1) is 8.95. The summed E-state index contributed by atoms with van der Waals surface area (Å²) >= 11 is 0. The molecule has 1 fully saturated rings. The maximum atomic E-state index is 12.3. The van der Waals surface area contributed by atoms with Crippen LogP contribution in [0, 0.1) is 5.92 Å². The van der Waals surface area contributed by atoms with E-state index in [1.54, 1.807) is 0 Å². The van der Waals surface area contributed by atoms with Gasteiger partial charge >= 0.3 is 5.97 Å². The van der Waals surface area contributed by atoms with Crippen molar-refractivity contribution in [3.05, 3.63) is 18.0 Å². The van der Waals surface area contributed by atoms with Crippen molar-refractivity contribution < 1.29 is 23.4 Å². The van der Waals surface area contributed by atoms with E-state index >= 15 is 0 Å². The monoisotopic (exact) mass is 288 g/mol. The van der Waals surface area contributed by atoms with Gasteiger partial charge in [-0.25, -0.2) is 13.2 Å². The van der Waals surface area contributed by atoms with Gasteiger partial charge in [0, 0.05) is 25.9 Å². The maximum Gasteiger partial charge on any atom is 0.352 e. The lowest BCUT2D eigenvalue weighted by Crippen LogP contribution is -2.40. The van der Waals surface area contributed by atoms with Gasteiger partial charge in [0.2, 0.25) is 10.0 Å². The van der Waals surface area contributed by atoms with Crippen LogP contribution < -0.4 is 0 Å². The Bertz CT molecular complexity index is 565. The number of aliphatic hydroxyl groups is 1. The third kappa shape index (κ3) is 2.80. The zero-order valence-electron chi connectivity index (χ0n) is 10.2. The standard InChI is InChI=1S/C11H16N2O5S/c14-7-8-2-1-3-13(6-8)19(17,18)9-4-10(11(15)16)12-5-9/h4-5,8,12,14H,1-3,6-7H2,(H,15,16). The zero-order chi connectivity index (χ0) is 14.0. The molecule has 1 aliphatic heterocycles. The van der Waals surface area contributed by atoms with Gasteiger partial charge < -0.3 is 15.2 Å². The van der Waals surface area contributed by atoms with Crippen molar-refractivity contribution >= 4 is 16.0 Å². The Kier molecular flexibility index (Phi) is 3.93. The van der Waals surface area contributed by atoms with E-state index in [-0.39, 0.29) is 29.7 Å². The number of piperidine rings is 1. The third-order valence-electron chi connectivity index (χ3n) is 3.26. The number of carbonyl (C=O) groups is 1. The van der Waals surface area contributed by atoms with Gasteiger partial charge in [-0.2, -0.15) is 4.31 Å². The Morgan fingerprint density at radius 3 is 2.84 bits per heavy atom. The zero-order valence-corrected chi connectivity index (χ0v) is 11.1. The molecule has 8 heteroatoms. The first kappa shape index (κ1) is 14.0. The molecular formula is C11H16N2O5S. The van der Waals surface area contributed by atoms with Crippen LogP contribution in [0.1, 0.15) is 23.3 Å². The molecule has 1 saturated heterocycles. The van der Waals surface area contributed by atoms with E-state index in [1.165, 1.54) is 10.5 Å². The first-order valence-corrected chi connectivity index (χ1v) is 7.42. The molecule has 0 bridgehead atoms. The van der Waals surface area contributed by atoms with E-state index in [1.807, 2.05) is 0 Å². The Labute approximate surface area is 110 Å². The van der Waals surface area contributed by atoms with Crippen molar-refractivity contribution in [2.75, 3.05) is 19.7 Å². The summed E-state index contributed by atoms with van der Waals surface area (Å²) in [7, 11) is -3.69. The minimum Gasteiger partial charge on any atom is -0.477 e. The second-order valence-electron chi connectivity index (χ2n) is 4.61. The molecule has 0 radical (unpaired) electrons. The molecule has 0 aromatic carbocycles. The molecule has 1 aromatic heterocycles. The fraction of sp³-hybridized carbons (Fsp3) is 0.545. The van der Waals surface area contributed by atoms with Crippen molar-refractivity contribution in [3.63, 3.8) is 0 Å². The van der Waals surface area contributed by atoms with Gasteiger partial charge in [0.05, 0.1) is 0 Å². The molecule has 19 heavy (non-hydrogen) atoms. The van der Waals surface area contributed by atoms with E-state index in [2.05, 4.69) is 4.98 Å². The molecule has 1 atom stereocenters. The Balaban J connectivity index is 2.23. The smallest absolute Gasteiger partial charge is 0.352 e. The Morgan fingerprint density at radius 1 is 1.53 bits per heavy atom. The molecule has 0 saturated carbocycles. The highest BCUT2D eigenvalue weighted by Gasteiger charge is 2.31. The number of hydrogen-bond donors (Lipinski definition) is 3. The van der Waals surface area contributed by atoms with E-state index in [9.17, 15) is 13.2 Å². The van der Waals surface area contributed by atoms with Crippen molar-refractivity contribution in [2.24, 2.45) is 5.92 Å². The number of H-pyrrole nitrogens is 1. The van der Waals surface area contributed by atoms with Crippen molar-refractivity contribution in [3.8, 4) is 0 Å². The topological polar surface area (TPSA) is 111 Å². The second kappa shape index (κ2) is 5.32. The van der Waals surface area contributed by atoms with Crippen LogP contribution in [0.5, 0.6) is 0 Å². The molecule has 1 aliphatic rings. The van der Waals surface area contributed by atoms with E-state index in [4.69, 9.17) is 10.2 Å². The van der Waals surface area contributed by atoms with E-state index in [0.717, 1.165) is 12.5 Å². The van der Waals surface area contributed by atoms with Gasteiger partial charge in [-0.3, -0.25) is 0 Å². The molecule has 0 amide bonds. The molecule has 2 heterocycles. The van der Waals surface area contributed by atoms with Gasteiger partial charge in [-0.05, 0) is 24.8 Å². The number of hydrogen-bond acceptors (Lipinski definition) is 4.